The van der Waals surface area contributed by atoms with E-state index in [0.717, 1.165) is 22.4 Å². The fourth-order valence-corrected chi connectivity index (χ4v) is 24.2. The molecular formula is C64H81N17O56P12-12. The van der Waals surface area contributed by atoms with Gasteiger partial charge in [-0.05, 0) is 49.4 Å². The molecule has 830 valence electrons. The first kappa shape index (κ1) is 127. The molecule has 4 amide bonds. The molecule has 73 nitrogen and oxygen atoms in total. The highest BCUT2D eigenvalue weighted by atomic mass is 31.3. The van der Waals surface area contributed by atoms with Crippen molar-refractivity contribution in [3.8, 4) is 47.4 Å². The summed E-state index contributed by atoms with van der Waals surface area (Å²) in [5.74, 6) is 19.2. The van der Waals surface area contributed by atoms with Crippen molar-refractivity contribution in [3.05, 3.63) is 95.0 Å². The van der Waals surface area contributed by atoms with Gasteiger partial charge in [-0.3, -0.25) is 83.5 Å². The smallest absolute Gasteiger partial charge is 0.407 e. The number of nitrogens with one attached hydrogen (secondary N) is 6. The van der Waals surface area contributed by atoms with Crippen LogP contribution in [0.5, 0.6) is 0 Å². The fraction of sp³-hybridized carbons (Fsp3) is 0.500. The minimum absolute atomic E-state index is 0.0212. The predicted molar refractivity (Wildman–Crippen MR) is 463 cm³/mol. The number of methoxy groups -OCH3 is 4. The zero-order valence-electron chi connectivity index (χ0n) is 76.5. The summed E-state index contributed by atoms with van der Waals surface area (Å²) in [6, 6.07) is 0. The predicted octanol–water partition coefficient (Wildman–Crippen LogP) is -7.00. The molecule has 10 rings (SSSR count). The lowest BCUT2D eigenvalue weighted by Gasteiger charge is -2.33. The fourth-order valence-electron chi connectivity index (χ4n) is 12.6. The summed E-state index contributed by atoms with van der Waals surface area (Å²) >= 11 is 0. The molecular weight excluding hydrogens is 2270 g/mol. The average Bonchev–Trinajstić information content (AvgIpc) is 1.60. The highest BCUT2D eigenvalue weighted by Gasteiger charge is 2.42. The van der Waals surface area contributed by atoms with E-state index < -0.39 is 234 Å². The summed E-state index contributed by atoms with van der Waals surface area (Å²) in [7, 11) is -65.6. The second-order valence-corrected chi connectivity index (χ2v) is 46.9. The molecule has 6 aromatic rings. The van der Waals surface area contributed by atoms with Gasteiger partial charge in [0, 0.05) is 24.8 Å². The normalized spacial score (nSPS) is 24.1. The Morgan fingerprint density at radius 3 is 1.00 bits per heavy atom. The van der Waals surface area contributed by atoms with E-state index in [4.69, 9.17) is 55.7 Å². The van der Waals surface area contributed by atoms with Crippen LogP contribution in [0.1, 0.15) is 101 Å². The molecule has 0 bridgehead atoms. The summed E-state index contributed by atoms with van der Waals surface area (Å²) in [6.45, 7) is 3.14. The standard InChI is InChI=1S/C17H24N5O14P3.C17H24N5O13P3.C15H23N4O14P3.C15H22N3O15P3/c1-9-6-12(34-11(9)8-33-38(28,29)36-39(30,31)35-37(25,26)27)22-7-10(4-3-5-19-17(24)32-2)13-14(22)20-16(18)21-15(13)23;1-10-6-13(33-12(10)8-32-37(27,28)35-38(29,30)34-36(24,25)26)22-7-11(4-3-5-19-17(23)31-2)14-15(18)20-9-21-16(14)22;1-9-6-12(19-7-10(13(16)18-14(19)20)4-3-5-17-15(21)29-2)31-11(9)8-30-35(25,26)33-36(27,28)32-34(22,23)24;1-9-6-12(18-7-10(13(19)17-14(18)20)4-3-5-16-15(21)29-2)31-11(9)8-30-35(25,26)33-36(27,28)32-34(22,23)24/h7,9,11-12H,5-6,8H2,1-2H3,(H,19,24)(H,28,29)(H,30,31)(H2,25,26,27)(H3,18,20,21,23);7,9-10,12-13H,5-6,8H2,1-2H3,(H,19,23)(H,27,28)(H,29,30)(H2,18,20,21)(H2,24,25,26);7,9,11-12H,5-6,8H2,1-2H3,(H,17,21)(H,25,26)(H,27,28)(H2,16,18,20)(H2,22,23,24);7,9,11-12H,5-6,8H2,1-2H3,(H,16,21)(H,25,26)(H,27,28)(H,17,19,20)(H2,22,23,24)/p-12/t9-,11-,12-;10-,12-,13-;2*9-,11-,12-/m1111/s1. The van der Waals surface area contributed by atoms with Crippen LogP contribution in [-0.2, 0) is 145 Å². The number of phosphoric acid groups is 12. The van der Waals surface area contributed by atoms with Crippen molar-refractivity contribution in [2.45, 2.75) is 103 Å². The third-order valence-electron chi connectivity index (χ3n) is 18.8. The molecule has 4 aliphatic rings. The number of nitrogen functional groups attached to an aromatic ring is 3. The third kappa shape index (κ3) is 42.0. The lowest BCUT2D eigenvalue weighted by Crippen LogP contribution is -2.34. The molecule has 149 heavy (non-hydrogen) atoms. The molecule has 4 fully saturated rings. The Morgan fingerprint density at radius 1 is 0.383 bits per heavy atom. The molecule has 0 aliphatic carbocycles. The monoisotopic (exact) mass is 2360 g/mol. The zero-order chi connectivity index (χ0) is 112. The van der Waals surface area contributed by atoms with Crippen molar-refractivity contribution < 1.29 is 243 Å². The number of hydrogen-bond donors (Lipinski definition) is 13. The highest BCUT2D eigenvalue weighted by molar-refractivity contribution is 7.67. The molecule has 0 saturated carbocycles. The van der Waals surface area contributed by atoms with Crippen molar-refractivity contribution in [1.29, 1.82) is 0 Å². The summed E-state index contributed by atoms with van der Waals surface area (Å²) < 4.78 is 225. The Balaban J connectivity index is 0.000000269. The van der Waals surface area contributed by atoms with Gasteiger partial charge in [-0.1, -0.05) is 75.1 Å². The highest BCUT2D eigenvalue weighted by Crippen LogP contribution is 2.65. The quantitative estimate of drug-likeness (QED) is 0.00987. The zero-order valence-corrected chi connectivity index (χ0v) is 87.2. The van der Waals surface area contributed by atoms with E-state index in [9.17, 15) is 152 Å². The lowest BCUT2D eigenvalue weighted by molar-refractivity contribution is -0.254. The van der Waals surface area contributed by atoms with Crippen LogP contribution in [0.4, 0.5) is 36.8 Å². The number of hydrogen-bond acceptors (Lipinski definition) is 59. The number of alkyl carbamates (subject to hydrolysis) is 4. The maximum Gasteiger partial charge on any atom is 0.407 e. The molecule has 4 aliphatic heterocycles. The van der Waals surface area contributed by atoms with Crippen molar-refractivity contribution in [3.63, 3.8) is 0 Å². The van der Waals surface area contributed by atoms with Gasteiger partial charge in [0.1, 0.15) is 54.1 Å². The van der Waals surface area contributed by atoms with Crippen molar-refractivity contribution >= 4 is 158 Å². The van der Waals surface area contributed by atoms with Crippen LogP contribution in [0.25, 0.3) is 22.1 Å². The number of rotatable bonds is 36. The molecule has 6 aromatic heterocycles. The molecule has 0 radical (unpaired) electrons. The van der Waals surface area contributed by atoms with Crippen LogP contribution in [0.2, 0.25) is 0 Å². The topological polar surface area (TPSA) is 1110 Å². The number of amides is 4. The van der Waals surface area contributed by atoms with Crippen molar-refractivity contribution in [1.82, 2.24) is 69.4 Å². The summed E-state index contributed by atoms with van der Waals surface area (Å²) in [5, 5.41) is 9.82. The van der Waals surface area contributed by atoms with Crippen LogP contribution in [0.3, 0.4) is 0 Å². The van der Waals surface area contributed by atoms with Crippen LogP contribution >= 0.6 is 93.9 Å². The molecule has 16 N–H and O–H groups in total. The van der Waals surface area contributed by atoms with E-state index in [1.807, 2.05) is 4.98 Å². The van der Waals surface area contributed by atoms with Gasteiger partial charge >= 0.3 is 35.8 Å². The minimum atomic E-state index is -6.05. The third-order valence-corrected chi connectivity index (χ3v) is 33.6. The van der Waals surface area contributed by atoms with Gasteiger partial charge < -0.3 is 182 Å². The number of nitrogens with zero attached hydrogens (tertiary/aromatic N) is 8. The van der Waals surface area contributed by atoms with E-state index in [0.29, 0.717) is 23.0 Å². The van der Waals surface area contributed by atoms with E-state index in [1.165, 1.54) is 44.6 Å². The Kier molecular flexibility index (Phi) is 45.1. The maximum absolute atomic E-state index is 12.6. The largest absolute Gasteiger partial charge is 0.756 e. The Bertz CT molecular complexity index is 7070. The van der Waals surface area contributed by atoms with Crippen LogP contribution in [0.15, 0.2) is 50.3 Å². The minimum Gasteiger partial charge on any atom is -0.756 e. The summed E-state index contributed by atoms with van der Waals surface area (Å²) in [5.41, 5.74) is 15.4. The summed E-state index contributed by atoms with van der Waals surface area (Å²) in [6.07, 6.45) is -2.81. The number of aromatic nitrogens is 10. The number of aromatic amines is 2. The second-order valence-electron chi connectivity index (χ2n) is 29.7. The van der Waals surface area contributed by atoms with Gasteiger partial charge in [0.05, 0.1) is 133 Å². The molecule has 85 heteroatoms. The average molecular weight is 2360 g/mol. The van der Waals surface area contributed by atoms with E-state index >= 15 is 0 Å². The van der Waals surface area contributed by atoms with Crippen LogP contribution < -0.4 is 120 Å². The van der Waals surface area contributed by atoms with Gasteiger partial charge in [-0.15, -0.1) is 0 Å². The summed E-state index contributed by atoms with van der Waals surface area (Å²) in [4.78, 5) is 282. The number of carbonyl (C=O) groups excluding carboxylic acids is 4. The van der Waals surface area contributed by atoms with Crippen LogP contribution in [0, 0.1) is 71.0 Å². The van der Waals surface area contributed by atoms with E-state index in [2.05, 4.69) is 165 Å². The van der Waals surface area contributed by atoms with Gasteiger partial charge in [-0.2, -0.15) is 9.97 Å². The SMILES string of the molecule is COC(=O)NCC#Cc1cn([C@H]2C[C@@H](C)[C@@H](COP(=O)([O-])OP(=O)([O-])OP(=O)([O-])O)O2)c(=O)[nH]c1=O.COC(=O)NCC#Cc1cn([C@H]2C[C@@H](C)[C@@H](COP(=O)([O-])OP(=O)([O-])OP(=O)([O-])O)O2)c(=O)nc1N.COC(=O)NCC#Cc1cn([C@H]2C[C@@H](C)[C@@H](COP(=O)([O-])OP(=O)([O-])OP(=O)([O-])O)O2)c2nc(N)[nH]c(=O)c12.COC(=O)NCC#Cc1cn([C@H]2C[C@@H](C)[C@@H](COP(=O)([O-])OP(=O)([O-])OP(=O)([O-])O)O2)c2ncnc(N)c12. The number of anilines is 3. The Hall–Kier alpha value is -9.20. The first-order valence-corrected chi connectivity index (χ1v) is 57.8. The number of phosphoric ester groups is 4. The lowest BCUT2D eigenvalue weighted by atomic mass is 10.0. The molecule has 4 saturated heterocycles. The number of H-pyrrole nitrogens is 2. The first-order chi connectivity index (χ1) is 68.6. The second kappa shape index (κ2) is 53.1. The molecule has 12 unspecified atom stereocenters. The van der Waals surface area contributed by atoms with Gasteiger partial charge in [-0.25, -0.2) is 73.2 Å². The molecule has 24 atom stereocenters. The first-order valence-electron chi connectivity index (χ1n) is 40.2. The van der Waals surface area contributed by atoms with Gasteiger partial charge in [0.25, 0.3) is 105 Å². The number of ether oxygens (including phenoxy) is 8. The number of fused-ring (bicyclic) bond motifs is 2. The molecule has 0 aromatic carbocycles. The van der Waals surface area contributed by atoms with Crippen LogP contribution in [-0.4, -0.2) is 198 Å². The Labute approximate surface area is 833 Å². The molecule has 10 heterocycles. The number of carbonyl (C=O) groups is 4. The molecule has 0 spiro atoms. The van der Waals surface area contributed by atoms with E-state index in [1.54, 1.807) is 38.5 Å². The maximum atomic E-state index is 12.6. The number of nitrogens with two attached hydrogens (primary N) is 3. The van der Waals surface area contributed by atoms with Gasteiger partial charge in [0.2, 0.25) is 5.95 Å². The van der Waals surface area contributed by atoms with Crippen molar-refractivity contribution in [2.75, 3.05) is 98.2 Å². The van der Waals surface area contributed by atoms with E-state index in [-0.39, 0.29) is 96.7 Å². The van der Waals surface area contributed by atoms with Gasteiger partial charge in [0.15, 0.2) is 5.65 Å². The Morgan fingerprint density at radius 2 is 0.671 bits per heavy atom. The van der Waals surface area contributed by atoms with Crippen molar-refractivity contribution in [2.24, 2.45) is 23.7 Å².